The lowest BCUT2D eigenvalue weighted by atomic mass is 10.0. The van der Waals surface area contributed by atoms with Crippen LogP contribution < -0.4 is 15.8 Å². The zero-order chi connectivity index (χ0) is 20.4. The molecular weight excluding hydrogens is 392 g/mol. The number of aromatic nitrogens is 1. The number of amides is 2. The number of aryl methyl sites for hydroxylation is 2. The number of fused-ring (bicyclic) bond motifs is 1. The van der Waals surface area contributed by atoms with E-state index in [1.54, 1.807) is 11.6 Å². The summed E-state index contributed by atoms with van der Waals surface area (Å²) in [4.78, 5) is 31.0. The van der Waals surface area contributed by atoms with E-state index in [0.29, 0.717) is 13.2 Å². The van der Waals surface area contributed by atoms with E-state index in [4.69, 9.17) is 9.15 Å². The van der Waals surface area contributed by atoms with Crippen molar-refractivity contribution in [1.29, 1.82) is 0 Å². The lowest BCUT2D eigenvalue weighted by molar-refractivity contribution is -0.121. The highest BCUT2D eigenvalue weighted by Crippen LogP contribution is 2.26. The van der Waals surface area contributed by atoms with Crippen LogP contribution in [0, 0.1) is 13.8 Å². The van der Waals surface area contributed by atoms with E-state index in [1.165, 1.54) is 11.3 Å². The molecule has 1 fully saturated rings. The van der Waals surface area contributed by atoms with Gasteiger partial charge in [0.1, 0.15) is 11.3 Å². The Morgan fingerprint density at radius 3 is 2.79 bits per heavy atom. The zero-order valence-electron chi connectivity index (χ0n) is 16.3. The van der Waals surface area contributed by atoms with Gasteiger partial charge in [0.15, 0.2) is 5.13 Å². The Kier molecular flexibility index (Phi) is 5.50. The average molecular weight is 414 g/mol. The van der Waals surface area contributed by atoms with E-state index in [2.05, 4.69) is 20.7 Å². The highest BCUT2D eigenvalue weighted by atomic mass is 32.1. The van der Waals surface area contributed by atoms with Crippen molar-refractivity contribution >= 4 is 39.3 Å². The standard InChI is InChI=1S/C20H22N4O4S/c1-12-3-4-15-14(10-28-18(15)13(12)2)9-17(25)22-23-19(26)16-11-29-20(21-16)24-5-7-27-8-6-24/h3-4,10-11H,5-9H2,1-2H3,(H,22,25)(H,23,26). The number of morpholine rings is 1. The topological polar surface area (TPSA) is 96.7 Å². The number of thiazole rings is 1. The van der Waals surface area contributed by atoms with Crippen molar-refractivity contribution in [2.75, 3.05) is 31.2 Å². The van der Waals surface area contributed by atoms with Gasteiger partial charge in [-0.2, -0.15) is 0 Å². The molecule has 2 N–H and O–H groups in total. The molecule has 2 aromatic heterocycles. The third kappa shape index (κ3) is 4.10. The van der Waals surface area contributed by atoms with E-state index in [0.717, 1.165) is 45.9 Å². The molecule has 1 saturated heterocycles. The van der Waals surface area contributed by atoms with E-state index in [-0.39, 0.29) is 18.0 Å². The molecule has 0 spiro atoms. The highest BCUT2D eigenvalue weighted by molar-refractivity contribution is 7.13. The highest BCUT2D eigenvalue weighted by Gasteiger charge is 2.18. The summed E-state index contributed by atoms with van der Waals surface area (Å²) < 4.78 is 11.0. The minimum absolute atomic E-state index is 0.103. The van der Waals surface area contributed by atoms with Crippen LogP contribution in [0.25, 0.3) is 11.0 Å². The molecular formula is C20H22N4O4S. The van der Waals surface area contributed by atoms with Gasteiger partial charge in [0.25, 0.3) is 5.91 Å². The van der Waals surface area contributed by atoms with Crippen molar-refractivity contribution in [3.05, 3.63) is 46.2 Å². The van der Waals surface area contributed by atoms with Crippen molar-refractivity contribution in [3.8, 4) is 0 Å². The number of rotatable bonds is 4. The molecule has 152 valence electrons. The second-order valence-corrected chi connectivity index (χ2v) is 7.78. The molecule has 29 heavy (non-hydrogen) atoms. The maximum atomic E-state index is 12.3. The lowest BCUT2D eigenvalue weighted by Crippen LogP contribution is -2.42. The molecule has 4 rings (SSSR count). The van der Waals surface area contributed by atoms with Gasteiger partial charge in [0, 0.05) is 29.4 Å². The van der Waals surface area contributed by atoms with Crippen molar-refractivity contribution in [3.63, 3.8) is 0 Å². The minimum atomic E-state index is -0.447. The first-order chi connectivity index (χ1) is 14.0. The molecule has 0 unspecified atom stereocenters. The number of anilines is 1. The Bertz CT molecular complexity index is 1050. The van der Waals surface area contributed by atoms with Gasteiger partial charge in [-0.05, 0) is 25.0 Å². The monoisotopic (exact) mass is 414 g/mol. The van der Waals surface area contributed by atoms with E-state index >= 15 is 0 Å². The summed E-state index contributed by atoms with van der Waals surface area (Å²) in [6.07, 6.45) is 1.69. The molecule has 1 aromatic carbocycles. The van der Waals surface area contributed by atoms with Gasteiger partial charge in [-0.15, -0.1) is 11.3 Å². The molecule has 3 aromatic rings. The number of nitrogens with zero attached hydrogens (tertiary/aromatic N) is 2. The van der Waals surface area contributed by atoms with Crippen molar-refractivity contribution in [2.45, 2.75) is 20.3 Å². The number of ether oxygens (including phenoxy) is 1. The van der Waals surface area contributed by atoms with Crippen LogP contribution in [0.15, 0.2) is 28.2 Å². The van der Waals surface area contributed by atoms with Crippen LogP contribution in [0.4, 0.5) is 5.13 Å². The number of hydrogen-bond acceptors (Lipinski definition) is 7. The Balaban J connectivity index is 1.34. The third-order valence-electron chi connectivity index (χ3n) is 5.01. The normalized spacial score (nSPS) is 14.2. The maximum Gasteiger partial charge on any atom is 0.289 e. The Morgan fingerprint density at radius 1 is 1.21 bits per heavy atom. The quantitative estimate of drug-likeness (QED) is 0.636. The first kappa shape index (κ1) is 19.4. The second-order valence-electron chi connectivity index (χ2n) is 6.94. The fourth-order valence-electron chi connectivity index (χ4n) is 3.20. The van der Waals surface area contributed by atoms with Gasteiger partial charge in [-0.1, -0.05) is 12.1 Å². The molecule has 0 radical (unpaired) electrons. The molecule has 3 heterocycles. The Labute approximate surface area is 171 Å². The van der Waals surface area contributed by atoms with Crippen molar-refractivity contribution < 1.29 is 18.7 Å². The molecule has 0 saturated carbocycles. The summed E-state index contributed by atoms with van der Waals surface area (Å²) in [5, 5.41) is 3.37. The van der Waals surface area contributed by atoms with Crippen LogP contribution >= 0.6 is 11.3 Å². The molecule has 9 heteroatoms. The van der Waals surface area contributed by atoms with E-state index < -0.39 is 5.91 Å². The summed E-state index contributed by atoms with van der Waals surface area (Å²) in [6, 6.07) is 3.95. The summed E-state index contributed by atoms with van der Waals surface area (Å²) in [5.41, 5.74) is 8.91. The predicted molar refractivity (Wildman–Crippen MR) is 110 cm³/mol. The van der Waals surface area contributed by atoms with Gasteiger partial charge in [-0.3, -0.25) is 20.4 Å². The van der Waals surface area contributed by atoms with Crippen LogP contribution in [0.3, 0.4) is 0 Å². The van der Waals surface area contributed by atoms with Crippen molar-refractivity contribution in [1.82, 2.24) is 15.8 Å². The zero-order valence-corrected chi connectivity index (χ0v) is 17.1. The fourth-order valence-corrected chi connectivity index (χ4v) is 4.06. The van der Waals surface area contributed by atoms with Gasteiger partial charge in [0.05, 0.1) is 25.9 Å². The molecule has 1 aliphatic rings. The number of carbonyl (C=O) groups is 2. The number of hydrazine groups is 1. The molecule has 2 amide bonds. The van der Waals surface area contributed by atoms with E-state index in [9.17, 15) is 9.59 Å². The number of furan rings is 1. The molecule has 0 aliphatic carbocycles. The van der Waals surface area contributed by atoms with Crippen LogP contribution in [-0.4, -0.2) is 43.1 Å². The summed E-state index contributed by atoms with van der Waals surface area (Å²) >= 11 is 1.40. The van der Waals surface area contributed by atoms with Crippen LogP contribution in [0.5, 0.6) is 0 Å². The average Bonchev–Trinajstić information content (AvgIpc) is 3.38. The largest absolute Gasteiger partial charge is 0.464 e. The first-order valence-corrected chi connectivity index (χ1v) is 10.2. The smallest absolute Gasteiger partial charge is 0.289 e. The SMILES string of the molecule is Cc1ccc2c(CC(=O)NNC(=O)c3csc(N4CCOCC4)n3)coc2c1C. The van der Waals surface area contributed by atoms with Crippen LogP contribution in [0.1, 0.15) is 27.2 Å². The fraction of sp³-hybridized carbons (Fsp3) is 0.350. The van der Waals surface area contributed by atoms with Crippen molar-refractivity contribution in [2.24, 2.45) is 0 Å². The number of carbonyl (C=O) groups excluding carboxylic acids is 2. The second kappa shape index (κ2) is 8.22. The molecule has 0 atom stereocenters. The number of nitrogens with one attached hydrogen (secondary N) is 2. The summed E-state index contributed by atoms with van der Waals surface area (Å²) in [7, 11) is 0. The number of benzene rings is 1. The predicted octanol–water partition coefficient (Wildman–Crippen LogP) is 2.35. The Hall–Kier alpha value is -2.91. The lowest BCUT2D eigenvalue weighted by Gasteiger charge is -2.25. The van der Waals surface area contributed by atoms with Crippen LogP contribution in [-0.2, 0) is 16.0 Å². The van der Waals surface area contributed by atoms with Gasteiger partial charge in [-0.25, -0.2) is 4.98 Å². The van der Waals surface area contributed by atoms with Gasteiger partial charge in [0.2, 0.25) is 5.91 Å². The first-order valence-electron chi connectivity index (χ1n) is 9.36. The van der Waals surface area contributed by atoms with Gasteiger partial charge >= 0.3 is 0 Å². The maximum absolute atomic E-state index is 12.3. The Morgan fingerprint density at radius 2 is 2.00 bits per heavy atom. The molecule has 8 nitrogen and oxygen atoms in total. The third-order valence-corrected chi connectivity index (χ3v) is 5.92. The van der Waals surface area contributed by atoms with E-state index in [1.807, 2.05) is 26.0 Å². The molecule has 1 aliphatic heterocycles. The van der Waals surface area contributed by atoms with Crippen LogP contribution in [0.2, 0.25) is 0 Å². The summed E-state index contributed by atoms with van der Waals surface area (Å²) in [6.45, 7) is 6.82. The minimum Gasteiger partial charge on any atom is -0.464 e. The number of hydrogen-bond donors (Lipinski definition) is 2. The summed E-state index contributed by atoms with van der Waals surface area (Å²) in [5.74, 6) is -0.777. The van der Waals surface area contributed by atoms with Gasteiger partial charge < -0.3 is 14.1 Å². The molecule has 0 bridgehead atoms.